The smallest absolute Gasteiger partial charge is 0.262 e. The molecule has 1 fully saturated rings. The Kier molecular flexibility index (Phi) is 4.15. The van der Waals surface area contributed by atoms with E-state index >= 15 is 0 Å². The Morgan fingerprint density at radius 1 is 0.852 bits per heavy atom. The van der Waals surface area contributed by atoms with Gasteiger partial charge in [0.2, 0.25) is 5.91 Å². The van der Waals surface area contributed by atoms with Crippen LogP contribution in [0.2, 0.25) is 0 Å². The molecule has 3 amide bonds. The second-order valence-electron chi connectivity index (χ2n) is 7.07. The minimum atomic E-state index is -0.792. The molecule has 1 saturated heterocycles. The fraction of sp³-hybridized carbons (Fsp3) is 0.227. The molecule has 27 heavy (non-hydrogen) atoms. The molecule has 2 aromatic carbocycles. The quantitative estimate of drug-likeness (QED) is 0.622. The molecule has 0 N–H and O–H groups in total. The van der Waals surface area contributed by atoms with Crippen molar-refractivity contribution in [2.75, 3.05) is 0 Å². The molecule has 2 aromatic rings. The van der Waals surface area contributed by atoms with Crippen LogP contribution in [-0.4, -0.2) is 45.6 Å². The molecule has 0 saturated carbocycles. The van der Waals surface area contributed by atoms with Crippen LogP contribution in [0.25, 0.3) is 6.08 Å². The average molecular weight is 360 g/mol. The number of amides is 3. The van der Waals surface area contributed by atoms with Crippen molar-refractivity contribution >= 4 is 23.8 Å². The Labute approximate surface area is 157 Å². The van der Waals surface area contributed by atoms with E-state index in [0.717, 1.165) is 10.5 Å². The number of hydrogen-bond acceptors (Lipinski definition) is 3. The lowest BCUT2D eigenvalue weighted by Crippen LogP contribution is -2.72. The molecule has 0 radical (unpaired) electrons. The first kappa shape index (κ1) is 17.2. The minimum Gasteiger partial charge on any atom is -0.329 e. The average Bonchev–Trinajstić information content (AvgIpc) is 2.91. The van der Waals surface area contributed by atoms with E-state index in [-0.39, 0.29) is 18.0 Å². The molecule has 0 bridgehead atoms. The highest BCUT2D eigenvalue weighted by molar-refractivity contribution is 6.23. The fourth-order valence-electron chi connectivity index (χ4n) is 3.81. The second kappa shape index (κ2) is 6.50. The summed E-state index contributed by atoms with van der Waals surface area (Å²) in [5.41, 5.74) is 1.73. The van der Waals surface area contributed by atoms with Gasteiger partial charge < -0.3 is 4.90 Å². The molecule has 5 nitrogen and oxygen atoms in total. The molecule has 2 atom stereocenters. The number of imide groups is 1. The Hall–Kier alpha value is -3.21. The standard InChI is InChI=1S/C22H20N2O3/c1-14(2)23-18(13-12-15-8-4-3-5-9-15)19(22(23)27)24-20(25)16-10-6-7-11-17(16)21(24)26/h3-14,18-19H,1-2H3/b13-12+/t18-,19-/m0/s1. The summed E-state index contributed by atoms with van der Waals surface area (Å²) >= 11 is 0. The van der Waals surface area contributed by atoms with Gasteiger partial charge in [0.25, 0.3) is 11.8 Å². The highest BCUT2D eigenvalue weighted by atomic mass is 16.2. The van der Waals surface area contributed by atoms with Gasteiger partial charge in [0.15, 0.2) is 0 Å². The third kappa shape index (κ3) is 2.67. The Balaban J connectivity index is 1.67. The molecular formula is C22H20N2O3. The van der Waals surface area contributed by atoms with Gasteiger partial charge in [-0.05, 0) is 31.5 Å². The van der Waals surface area contributed by atoms with Crippen LogP contribution in [0.1, 0.15) is 40.1 Å². The van der Waals surface area contributed by atoms with Gasteiger partial charge in [-0.1, -0.05) is 54.6 Å². The van der Waals surface area contributed by atoms with E-state index in [1.807, 2.05) is 56.3 Å². The van der Waals surface area contributed by atoms with Gasteiger partial charge in [-0.2, -0.15) is 0 Å². The van der Waals surface area contributed by atoms with E-state index in [4.69, 9.17) is 0 Å². The summed E-state index contributed by atoms with van der Waals surface area (Å²) in [5.74, 6) is -0.979. The van der Waals surface area contributed by atoms with E-state index in [2.05, 4.69) is 0 Å². The van der Waals surface area contributed by atoms with Crippen LogP contribution < -0.4 is 0 Å². The van der Waals surface area contributed by atoms with Crippen LogP contribution in [0.15, 0.2) is 60.7 Å². The molecule has 136 valence electrons. The molecule has 4 rings (SSSR count). The van der Waals surface area contributed by atoms with E-state index in [0.29, 0.717) is 11.1 Å². The van der Waals surface area contributed by atoms with E-state index in [1.165, 1.54) is 0 Å². The van der Waals surface area contributed by atoms with Crippen LogP contribution in [0.3, 0.4) is 0 Å². The summed E-state index contributed by atoms with van der Waals surface area (Å²) in [4.78, 5) is 41.2. The van der Waals surface area contributed by atoms with Gasteiger partial charge in [0.05, 0.1) is 17.2 Å². The zero-order chi connectivity index (χ0) is 19.1. The number of nitrogens with zero attached hydrogens (tertiary/aromatic N) is 2. The van der Waals surface area contributed by atoms with Gasteiger partial charge in [-0.25, -0.2) is 0 Å². The first-order valence-corrected chi connectivity index (χ1v) is 9.03. The normalized spacial score (nSPS) is 22.0. The van der Waals surface area contributed by atoms with Crippen molar-refractivity contribution in [3.8, 4) is 0 Å². The summed E-state index contributed by atoms with van der Waals surface area (Å²) in [6.07, 6.45) is 3.84. The third-order valence-corrected chi connectivity index (χ3v) is 5.10. The van der Waals surface area contributed by atoms with Crippen molar-refractivity contribution in [3.63, 3.8) is 0 Å². The summed E-state index contributed by atoms with van der Waals surface area (Å²) in [5, 5.41) is 0. The van der Waals surface area contributed by atoms with Crippen molar-refractivity contribution in [3.05, 3.63) is 77.4 Å². The lowest BCUT2D eigenvalue weighted by Gasteiger charge is -2.50. The minimum absolute atomic E-state index is 0.0191. The summed E-state index contributed by atoms with van der Waals surface area (Å²) in [6.45, 7) is 3.86. The Morgan fingerprint density at radius 3 is 1.96 bits per heavy atom. The fourth-order valence-corrected chi connectivity index (χ4v) is 3.81. The third-order valence-electron chi connectivity index (χ3n) is 5.10. The Morgan fingerprint density at radius 2 is 1.41 bits per heavy atom. The lowest BCUT2D eigenvalue weighted by atomic mass is 9.90. The Bertz CT molecular complexity index is 914. The van der Waals surface area contributed by atoms with Gasteiger partial charge in [0, 0.05) is 6.04 Å². The van der Waals surface area contributed by atoms with Crippen LogP contribution in [0.4, 0.5) is 0 Å². The summed E-state index contributed by atoms with van der Waals surface area (Å²) in [6, 6.07) is 15.3. The zero-order valence-electron chi connectivity index (χ0n) is 15.2. The summed E-state index contributed by atoms with van der Waals surface area (Å²) < 4.78 is 0. The maximum absolute atomic E-state index is 12.8. The lowest BCUT2D eigenvalue weighted by molar-refractivity contribution is -0.155. The SMILES string of the molecule is CC(C)N1C(=O)[C@@H](N2C(=O)c3ccccc3C2=O)[C@@H]1/C=C/c1ccccc1. The number of rotatable bonds is 4. The van der Waals surface area contributed by atoms with Crippen LogP contribution >= 0.6 is 0 Å². The van der Waals surface area contributed by atoms with Gasteiger partial charge in [0.1, 0.15) is 6.04 Å². The number of carbonyl (C=O) groups is 3. The predicted octanol–water partition coefficient (Wildman–Crippen LogP) is 2.98. The molecule has 2 aliphatic rings. The second-order valence-corrected chi connectivity index (χ2v) is 7.07. The van der Waals surface area contributed by atoms with Crippen molar-refractivity contribution in [1.82, 2.24) is 9.80 Å². The number of carbonyl (C=O) groups excluding carboxylic acids is 3. The van der Waals surface area contributed by atoms with Crippen LogP contribution in [-0.2, 0) is 4.79 Å². The maximum atomic E-state index is 12.8. The van der Waals surface area contributed by atoms with Crippen LogP contribution in [0.5, 0.6) is 0 Å². The predicted molar refractivity (Wildman–Crippen MR) is 102 cm³/mol. The van der Waals surface area contributed by atoms with Gasteiger partial charge in [-0.15, -0.1) is 0 Å². The molecule has 2 aliphatic heterocycles. The number of β-lactam (4-membered cyclic amide) rings is 1. The molecule has 2 heterocycles. The van der Waals surface area contributed by atoms with Crippen molar-refractivity contribution < 1.29 is 14.4 Å². The first-order valence-electron chi connectivity index (χ1n) is 9.03. The van der Waals surface area contributed by atoms with Crippen molar-refractivity contribution in [2.24, 2.45) is 0 Å². The molecule has 5 heteroatoms. The topological polar surface area (TPSA) is 57.7 Å². The molecule has 0 aromatic heterocycles. The van der Waals surface area contributed by atoms with Gasteiger partial charge >= 0.3 is 0 Å². The maximum Gasteiger partial charge on any atom is 0.262 e. The molecule has 0 spiro atoms. The van der Waals surface area contributed by atoms with Gasteiger partial charge in [-0.3, -0.25) is 19.3 Å². The van der Waals surface area contributed by atoms with Crippen molar-refractivity contribution in [2.45, 2.75) is 32.0 Å². The first-order chi connectivity index (χ1) is 13.0. The number of hydrogen-bond donors (Lipinski definition) is 0. The molecule has 0 aliphatic carbocycles. The largest absolute Gasteiger partial charge is 0.329 e. The highest BCUT2D eigenvalue weighted by Gasteiger charge is 2.55. The molecule has 0 unspecified atom stereocenters. The number of likely N-dealkylation sites (tertiary alicyclic amines) is 1. The number of benzene rings is 2. The summed E-state index contributed by atoms with van der Waals surface area (Å²) in [7, 11) is 0. The molecular weight excluding hydrogens is 340 g/mol. The highest BCUT2D eigenvalue weighted by Crippen LogP contribution is 2.34. The van der Waals surface area contributed by atoms with Crippen LogP contribution in [0, 0.1) is 0 Å². The number of fused-ring (bicyclic) bond motifs is 1. The van der Waals surface area contributed by atoms with E-state index in [9.17, 15) is 14.4 Å². The van der Waals surface area contributed by atoms with Crippen molar-refractivity contribution in [1.29, 1.82) is 0 Å². The zero-order valence-corrected chi connectivity index (χ0v) is 15.2. The van der Waals surface area contributed by atoms with E-state index < -0.39 is 17.9 Å². The van der Waals surface area contributed by atoms with E-state index in [1.54, 1.807) is 29.2 Å². The monoisotopic (exact) mass is 360 g/mol.